The Labute approximate surface area is 103 Å². The van der Waals surface area contributed by atoms with E-state index in [1.807, 2.05) is 6.08 Å². The maximum atomic E-state index is 5.56. The van der Waals surface area contributed by atoms with E-state index in [0.29, 0.717) is 6.04 Å². The Balaban J connectivity index is 1.99. The van der Waals surface area contributed by atoms with Gasteiger partial charge in [0.25, 0.3) is 0 Å². The van der Waals surface area contributed by atoms with Crippen LogP contribution in [0.25, 0.3) is 0 Å². The maximum Gasteiger partial charge on any atom is 0.142 e. The molecule has 92 valence electrons. The van der Waals surface area contributed by atoms with Crippen molar-refractivity contribution < 1.29 is 4.74 Å². The van der Waals surface area contributed by atoms with Crippen LogP contribution in [0.4, 0.5) is 5.69 Å². The fourth-order valence-corrected chi connectivity index (χ4v) is 2.03. The van der Waals surface area contributed by atoms with Crippen LogP contribution >= 0.6 is 0 Å². The average molecular weight is 232 g/mol. The van der Waals surface area contributed by atoms with Gasteiger partial charge in [-0.25, -0.2) is 0 Å². The van der Waals surface area contributed by atoms with Crippen LogP contribution in [0.15, 0.2) is 30.9 Å². The van der Waals surface area contributed by atoms with E-state index in [9.17, 15) is 0 Å². The topological polar surface area (TPSA) is 33.3 Å². The fourth-order valence-electron chi connectivity index (χ4n) is 2.03. The number of hydrogen-bond acceptors (Lipinski definition) is 3. The molecular weight excluding hydrogens is 212 g/mol. The third-order valence-corrected chi connectivity index (χ3v) is 2.87. The van der Waals surface area contributed by atoms with Crippen molar-refractivity contribution in [1.29, 1.82) is 0 Å². The summed E-state index contributed by atoms with van der Waals surface area (Å²) in [4.78, 5) is 0. The lowest BCUT2D eigenvalue weighted by molar-refractivity contribution is 0.323. The Hall–Kier alpha value is -1.48. The minimum Gasteiger partial charge on any atom is -0.490 e. The summed E-state index contributed by atoms with van der Waals surface area (Å²) in [7, 11) is 0. The molecule has 2 rings (SSSR count). The van der Waals surface area contributed by atoms with E-state index in [2.05, 4.69) is 42.3 Å². The lowest BCUT2D eigenvalue weighted by Crippen LogP contribution is -2.28. The number of rotatable bonds is 5. The first-order valence-corrected chi connectivity index (χ1v) is 6.13. The largest absolute Gasteiger partial charge is 0.490 e. The molecule has 1 aliphatic heterocycles. The van der Waals surface area contributed by atoms with Crippen molar-refractivity contribution in [1.82, 2.24) is 5.32 Å². The molecule has 1 aromatic rings. The van der Waals surface area contributed by atoms with Gasteiger partial charge >= 0.3 is 0 Å². The minimum atomic E-state index is 0.454. The van der Waals surface area contributed by atoms with E-state index in [1.165, 1.54) is 5.56 Å². The summed E-state index contributed by atoms with van der Waals surface area (Å²) in [6.45, 7) is 8.39. The van der Waals surface area contributed by atoms with Crippen molar-refractivity contribution >= 4 is 5.69 Å². The van der Waals surface area contributed by atoms with Gasteiger partial charge in [0.2, 0.25) is 0 Å². The van der Waals surface area contributed by atoms with Gasteiger partial charge in [0, 0.05) is 19.1 Å². The number of anilines is 1. The fraction of sp³-hybridized carbons (Fsp3) is 0.429. The first kappa shape index (κ1) is 12.0. The molecule has 3 nitrogen and oxygen atoms in total. The van der Waals surface area contributed by atoms with Crippen LogP contribution in [0.3, 0.4) is 0 Å². The van der Waals surface area contributed by atoms with Crippen LogP contribution in [0.2, 0.25) is 0 Å². The maximum absolute atomic E-state index is 5.56. The lowest BCUT2D eigenvalue weighted by Gasteiger charge is -2.20. The van der Waals surface area contributed by atoms with Crippen LogP contribution in [0, 0.1) is 0 Å². The number of fused-ring (bicyclic) bond motifs is 1. The van der Waals surface area contributed by atoms with E-state index in [-0.39, 0.29) is 0 Å². The molecule has 3 heteroatoms. The van der Waals surface area contributed by atoms with E-state index in [1.54, 1.807) is 0 Å². The molecule has 1 aromatic carbocycles. The van der Waals surface area contributed by atoms with Gasteiger partial charge in [-0.2, -0.15) is 0 Å². The summed E-state index contributed by atoms with van der Waals surface area (Å²) < 4.78 is 5.56. The van der Waals surface area contributed by atoms with Gasteiger partial charge < -0.3 is 15.4 Å². The Kier molecular flexibility index (Phi) is 4.04. The number of hydrogen-bond donors (Lipinski definition) is 2. The van der Waals surface area contributed by atoms with Gasteiger partial charge in [0.05, 0.1) is 5.69 Å². The molecule has 0 aromatic heterocycles. The van der Waals surface area contributed by atoms with Crippen molar-refractivity contribution in [3.05, 3.63) is 36.4 Å². The van der Waals surface area contributed by atoms with Crippen molar-refractivity contribution in [2.75, 3.05) is 25.0 Å². The molecule has 1 unspecified atom stereocenters. The molecule has 0 bridgehead atoms. The highest BCUT2D eigenvalue weighted by Gasteiger charge is 2.10. The molecule has 0 radical (unpaired) electrons. The first-order chi connectivity index (χ1) is 8.29. The average Bonchev–Trinajstić information content (AvgIpc) is 2.36. The summed E-state index contributed by atoms with van der Waals surface area (Å²) in [6.07, 6.45) is 2.90. The zero-order valence-corrected chi connectivity index (χ0v) is 10.3. The number of ether oxygens (including phenoxy) is 1. The van der Waals surface area contributed by atoms with E-state index < -0.39 is 0 Å². The van der Waals surface area contributed by atoms with Crippen LogP contribution in [-0.4, -0.2) is 25.7 Å². The predicted octanol–water partition coefficient (Wildman–Crippen LogP) is 2.20. The Bertz CT molecular complexity index is 390. The highest BCUT2D eigenvalue weighted by atomic mass is 16.5. The third kappa shape index (κ3) is 3.24. The molecule has 17 heavy (non-hydrogen) atoms. The zero-order chi connectivity index (χ0) is 12.1. The van der Waals surface area contributed by atoms with E-state index in [4.69, 9.17) is 4.74 Å². The molecule has 0 amide bonds. The van der Waals surface area contributed by atoms with Crippen molar-refractivity contribution in [2.24, 2.45) is 0 Å². The van der Waals surface area contributed by atoms with Crippen LogP contribution in [-0.2, 0) is 6.42 Å². The first-order valence-electron chi connectivity index (χ1n) is 6.13. The lowest BCUT2D eigenvalue weighted by atomic mass is 10.1. The van der Waals surface area contributed by atoms with Gasteiger partial charge in [-0.1, -0.05) is 12.1 Å². The quantitative estimate of drug-likeness (QED) is 0.764. The Morgan fingerprint density at radius 2 is 2.47 bits per heavy atom. The van der Waals surface area contributed by atoms with Crippen LogP contribution in [0.1, 0.15) is 12.5 Å². The molecule has 0 spiro atoms. The standard InChI is InChI=1S/C14H20N2O/c1-3-6-15-11(2)9-12-4-5-14-13(10-12)16-7-8-17-14/h3-5,10-11,15-16H,1,6-9H2,2H3. The second-order valence-corrected chi connectivity index (χ2v) is 4.41. The molecule has 0 aliphatic carbocycles. The normalized spacial score (nSPS) is 15.4. The molecule has 0 saturated heterocycles. The van der Waals surface area contributed by atoms with Crippen LogP contribution in [0.5, 0.6) is 5.75 Å². The highest BCUT2D eigenvalue weighted by Crippen LogP contribution is 2.28. The van der Waals surface area contributed by atoms with Crippen molar-refractivity contribution in [3.8, 4) is 5.75 Å². The molecule has 0 fully saturated rings. The van der Waals surface area contributed by atoms with Gasteiger partial charge in [-0.15, -0.1) is 6.58 Å². The molecular formula is C14H20N2O. The number of benzene rings is 1. The molecule has 0 saturated carbocycles. The predicted molar refractivity (Wildman–Crippen MR) is 71.8 cm³/mol. The smallest absolute Gasteiger partial charge is 0.142 e. The summed E-state index contributed by atoms with van der Waals surface area (Å²) in [6, 6.07) is 6.82. The minimum absolute atomic E-state index is 0.454. The van der Waals surface area contributed by atoms with E-state index >= 15 is 0 Å². The summed E-state index contributed by atoms with van der Waals surface area (Å²) in [5.74, 6) is 0.965. The van der Waals surface area contributed by atoms with E-state index in [0.717, 1.165) is 37.6 Å². The van der Waals surface area contributed by atoms with Gasteiger partial charge in [0.15, 0.2) is 0 Å². The molecule has 1 aliphatic rings. The SMILES string of the molecule is C=CCNC(C)Cc1ccc2c(c1)NCCO2. The summed E-state index contributed by atoms with van der Waals surface area (Å²) in [5.41, 5.74) is 2.44. The second kappa shape index (κ2) is 5.73. The monoisotopic (exact) mass is 232 g/mol. The molecule has 1 atom stereocenters. The number of nitrogens with one attached hydrogen (secondary N) is 2. The van der Waals surface area contributed by atoms with Crippen molar-refractivity contribution in [2.45, 2.75) is 19.4 Å². The Morgan fingerprint density at radius 3 is 3.29 bits per heavy atom. The summed E-state index contributed by atoms with van der Waals surface area (Å²) >= 11 is 0. The highest BCUT2D eigenvalue weighted by molar-refractivity contribution is 5.59. The van der Waals surface area contributed by atoms with Gasteiger partial charge in [0.1, 0.15) is 12.4 Å². The third-order valence-electron chi connectivity index (χ3n) is 2.87. The molecule has 2 N–H and O–H groups in total. The van der Waals surface area contributed by atoms with Crippen molar-refractivity contribution in [3.63, 3.8) is 0 Å². The van der Waals surface area contributed by atoms with Crippen LogP contribution < -0.4 is 15.4 Å². The Morgan fingerprint density at radius 1 is 1.59 bits per heavy atom. The van der Waals surface area contributed by atoms with Gasteiger partial charge in [-0.05, 0) is 31.0 Å². The molecule has 1 heterocycles. The second-order valence-electron chi connectivity index (χ2n) is 4.41. The van der Waals surface area contributed by atoms with Gasteiger partial charge in [-0.3, -0.25) is 0 Å². The zero-order valence-electron chi connectivity index (χ0n) is 10.3. The summed E-state index contributed by atoms with van der Waals surface area (Å²) in [5, 5.41) is 6.75.